The van der Waals surface area contributed by atoms with Crippen LogP contribution in [0.15, 0.2) is 22.5 Å². The van der Waals surface area contributed by atoms with Crippen molar-refractivity contribution in [3.8, 4) is 0 Å². The molecule has 0 saturated carbocycles. The van der Waals surface area contributed by atoms with Crippen molar-refractivity contribution in [3.63, 3.8) is 0 Å². The number of nitrogens with one attached hydrogen (secondary N) is 1. The number of halogens is 1. The number of rotatable bonds is 6. The highest BCUT2D eigenvalue weighted by Crippen LogP contribution is 2.22. The van der Waals surface area contributed by atoms with E-state index < -0.39 is 0 Å². The summed E-state index contributed by atoms with van der Waals surface area (Å²) in [5.74, 6) is 2.42. The molecule has 2 fully saturated rings. The summed E-state index contributed by atoms with van der Waals surface area (Å²) in [4.78, 5) is 11.6. The van der Waals surface area contributed by atoms with Crippen LogP contribution in [0.3, 0.4) is 0 Å². The number of hydrogen-bond donors (Lipinski definition) is 1. The Morgan fingerprint density at radius 1 is 1.31 bits per heavy atom. The fourth-order valence-corrected chi connectivity index (χ4v) is 4.77. The quantitative estimate of drug-likeness (QED) is 0.368. The minimum absolute atomic E-state index is 0. The van der Waals surface area contributed by atoms with Gasteiger partial charge in [0.15, 0.2) is 5.96 Å². The molecule has 0 bridgehead atoms. The molecule has 3 rings (SSSR count). The highest BCUT2D eigenvalue weighted by atomic mass is 127. The van der Waals surface area contributed by atoms with Gasteiger partial charge >= 0.3 is 0 Å². The van der Waals surface area contributed by atoms with Crippen LogP contribution in [0.5, 0.6) is 0 Å². The Balaban J connectivity index is 0.00000243. The smallest absolute Gasteiger partial charge is 0.193 e. The van der Waals surface area contributed by atoms with Crippen molar-refractivity contribution in [1.82, 2.24) is 15.1 Å². The van der Waals surface area contributed by atoms with Crippen LogP contribution >= 0.6 is 35.3 Å². The molecule has 2 atom stereocenters. The number of thiophene rings is 1. The third-order valence-electron chi connectivity index (χ3n) is 5.43. The van der Waals surface area contributed by atoms with E-state index in [1.165, 1.54) is 50.2 Å². The zero-order chi connectivity index (χ0) is 17.5. The lowest BCUT2D eigenvalue weighted by atomic mass is 10.1. The van der Waals surface area contributed by atoms with E-state index in [4.69, 9.17) is 4.99 Å². The van der Waals surface area contributed by atoms with E-state index in [-0.39, 0.29) is 24.0 Å². The van der Waals surface area contributed by atoms with E-state index in [0.29, 0.717) is 5.92 Å². The van der Waals surface area contributed by atoms with Crippen LogP contribution in [0.4, 0.5) is 0 Å². The van der Waals surface area contributed by atoms with Crippen molar-refractivity contribution in [2.24, 2.45) is 10.9 Å². The zero-order valence-electron chi connectivity index (χ0n) is 16.3. The van der Waals surface area contributed by atoms with Crippen LogP contribution in [0, 0.1) is 5.92 Å². The van der Waals surface area contributed by atoms with Gasteiger partial charge in [0.25, 0.3) is 0 Å². The Kier molecular flexibility index (Phi) is 9.70. The van der Waals surface area contributed by atoms with E-state index in [2.05, 4.69) is 46.5 Å². The second-order valence-corrected chi connectivity index (χ2v) is 8.55. The van der Waals surface area contributed by atoms with Gasteiger partial charge in [0.2, 0.25) is 0 Å². The summed E-state index contributed by atoms with van der Waals surface area (Å²) in [6.45, 7) is 12.5. The van der Waals surface area contributed by atoms with E-state index >= 15 is 0 Å². The molecule has 0 spiro atoms. The molecule has 1 N–H and O–H groups in total. The summed E-state index contributed by atoms with van der Waals surface area (Å²) in [5.41, 5.74) is 0. The van der Waals surface area contributed by atoms with Gasteiger partial charge in [-0.25, -0.2) is 0 Å². The maximum absolute atomic E-state index is 4.96. The van der Waals surface area contributed by atoms with Crippen molar-refractivity contribution in [3.05, 3.63) is 22.4 Å². The monoisotopic (exact) mass is 490 g/mol. The Labute approximate surface area is 180 Å². The molecule has 2 saturated heterocycles. The Morgan fingerprint density at radius 3 is 2.81 bits per heavy atom. The minimum atomic E-state index is 0. The summed E-state index contributed by atoms with van der Waals surface area (Å²) in [7, 11) is 0. The Bertz CT molecular complexity index is 528. The van der Waals surface area contributed by atoms with E-state index in [9.17, 15) is 0 Å². The summed E-state index contributed by atoms with van der Waals surface area (Å²) >= 11 is 1.84. The van der Waals surface area contributed by atoms with Gasteiger partial charge in [-0.05, 0) is 56.6 Å². The highest BCUT2D eigenvalue weighted by Gasteiger charge is 2.27. The van der Waals surface area contributed by atoms with Crippen molar-refractivity contribution in [1.29, 1.82) is 0 Å². The molecule has 1 aromatic heterocycles. The summed E-state index contributed by atoms with van der Waals surface area (Å²) in [6.07, 6.45) is 5.51. The van der Waals surface area contributed by atoms with Crippen LogP contribution in [-0.4, -0.2) is 61.6 Å². The lowest BCUT2D eigenvalue weighted by Crippen LogP contribution is -2.41. The molecule has 0 aromatic carbocycles. The van der Waals surface area contributed by atoms with Crippen molar-refractivity contribution < 1.29 is 0 Å². The third-order valence-corrected chi connectivity index (χ3v) is 6.53. The molecule has 2 unspecified atom stereocenters. The average molecular weight is 490 g/mol. The number of hydrogen-bond acceptors (Lipinski definition) is 3. The SMILES string of the molecule is CCNC(=NCC(C)c1cccs1)N1CCC(CN2CCCCC2)C1.I. The number of nitrogens with zero attached hydrogens (tertiary/aromatic N) is 3. The molecule has 6 heteroatoms. The predicted octanol–water partition coefficient (Wildman–Crippen LogP) is 4.24. The molecule has 0 radical (unpaired) electrons. The number of likely N-dealkylation sites (tertiary alicyclic amines) is 2. The summed E-state index contributed by atoms with van der Waals surface area (Å²) < 4.78 is 0. The first kappa shape index (κ1) is 22.0. The van der Waals surface area contributed by atoms with Gasteiger partial charge in [0.1, 0.15) is 0 Å². The maximum Gasteiger partial charge on any atom is 0.193 e. The molecule has 2 aliphatic heterocycles. The number of aliphatic imine (C=N–C) groups is 1. The molecule has 0 aliphatic carbocycles. The molecule has 26 heavy (non-hydrogen) atoms. The molecule has 4 nitrogen and oxygen atoms in total. The topological polar surface area (TPSA) is 30.9 Å². The van der Waals surface area contributed by atoms with Crippen LogP contribution in [0.1, 0.15) is 50.3 Å². The van der Waals surface area contributed by atoms with Crippen LogP contribution in [0.25, 0.3) is 0 Å². The first-order valence-corrected chi connectivity index (χ1v) is 10.9. The maximum atomic E-state index is 4.96. The van der Waals surface area contributed by atoms with Crippen molar-refractivity contribution in [2.45, 2.75) is 45.4 Å². The molecule has 148 valence electrons. The van der Waals surface area contributed by atoms with Gasteiger partial charge < -0.3 is 15.1 Å². The minimum Gasteiger partial charge on any atom is -0.357 e. The first-order valence-electron chi connectivity index (χ1n) is 10.0. The van der Waals surface area contributed by atoms with Crippen LogP contribution in [0.2, 0.25) is 0 Å². The molecule has 2 aliphatic rings. The van der Waals surface area contributed by atoms with E-state index in [1.54, 1.807) is 0 Å². The number of piperidine rings is 1. The Hall–Kier alpha value is -0.340. The zero-order valence-corrected chi connectivity index (χ0v) is 19.5. The lowest BCUT2D eigenvalue weighted by molar-refractivity contribution is 0.198. The highest BCUT2D eigenvalue weighted by molar-refractivity contribution is 14.0. The molecule has 1 aromatic rings. The number of guanidine groups is 1. The average Bonchev–Trinajstić information content (AvgIpc) is 3.31. The van der Waals surface area contributed by atoms with E-state index in [1.807, 2.05) is 11.3 Å². The molecule has 3 heterocycles. The fourth-order valence-electron chi connectivity index (χ4n) is 3.99. The third kappa shape index (κ3) is 6.37. The summed E-state index contributed by atoms with van der Waals surface area (Å²) in [5, 5.41) is 5.67. The van der Waals surface area contributed by atoms with Gasteiger partial charge in [-0.1, -0.05) is 19.4 Å². The normalized spacial score (nSPS) is 22.9. The lowest BCUT2D eigenvalue weighted by Gasteiger charge is -2.29. The van der Waals surface area contributed by atoms with Gasteiger partial charge in [0.05, 0.1) is 6.54 Å². The predicted molar refractivity (Wildman–Crippen MR) is 124 cm³/mol. The van der Waals surface area contributed by atoms with Crippen molar-refractivity contribution >= 4 is 41.3 Å². The van der Waals surface area contributed by atoms with Gasteiger partial charge in [-0.2, -0.15) is 0 Å². The van der Waals surface area contributed by atoms with Crippen LogP contribution in [-0.2, 0) is 0 Å². The van der Waals surface area contributed by atoms with Gasteiger partial charge in [-0.3, -0.25) is 4.99 Å². The Morgan fingerprint density at radius 2 is 2.12 bits per heavy atom. The van der Waals surface area contributed by atoms with Gasteiger partial charge in [-0.15, -0.1) is 35.3 Å². The standard InChI is InChI=1S/C20H34N4S.HI/c1-3-21-20(22-14-17(2)19-8-7-13-25-19)24-12-9-18(16-24)15-23-10-5-4-6-11-23;/h7-8,13,17-18H,3-6,9-12,14-16H2,1-2H3,(H,21,22);1H. The second-order valence-electron chi connectivity index (χ2n) is 7.57. The second kappa shape index (κ2) is 11.5. The van der Waals surface area contributed by atoms with E-state index in [0.717, 1.165) is 38.1 Å². The van der Waals surface area contributed by atoms with Gasteiger partial charge in [0, 0.05) is 37.0 Å². The van der Waals surface area contributed by atoms with Crippen molar-refractivity contribution in [2.75, 3.05) is 45.8 Å². The molecular weight excluding hydrogens is 455 g/mol. The fraction of sp³-hybridized carbons (Fsp3) is 0.750. The molecule has 0 amide bonds. The molecular formula is C20H35IN4S. The van der Waals surface area contributed by atoms with Crippen LogP contribution < -0.4 is 5.32 Å². The first-order chi connectivity index (χ1) is 12.3. The largest absolute Gasteiger partial charge is 0.357 e. The summed E-state index contributed by atoms with van der Waals surface area (Å²) in [6, 6.07) is 4.36.